The summed E-state index contributed by atoms with van der Waals surface area (Å²) in [5.74, 6) is 0.287. The zero-order chi connectivity index (χ0) is 5.98. The van der Waals surface area contributed by atoms with E-state index in [0.717, 1.165) is 6.54 Å². The smallest absolute Gasteiger partial charge is 0.0716 e. The van der Waals surface area contributed by atoms with E-state index in [1.165, 1.54) is 0 Å². The second kappa shape index (κ2) is 6.19. The van der Waals surface area contributed by atoms with Crippen LogP contribution >= 0.6 is 24.8 Å². The van der Waals surface area contributed by atoms with Gasteiger partial charge in [0.05, 0.1) is 6.10 Å². The van der Waals surface area contributed by atoms with E-state index in [9.17, 15) is 0 Å². The average Bonchev–Trinajstić information content (AvgIpc) is 2.14. The molecule has 1 aliphatic heterocycles. The van der Waals surface area contributed by atoms with E-state index in [-0.39, 0.29) is 36.8 Å². The second-order valence-corrected chi connectivity index (χ2v) is 2.22. The molecule has 0 aromatic rings. The van der Waals surface area contributed by atoms with Crippen molar-refractivity contribution in [3.63, 3.8) is 0 Å². The largest absolute Gasteiger partial charge is 0.391 e. The van der Waals surface area contributed by atoms with Gasteiger partial charge in [-0.3, -0.25) is 0 Å². The van der Waals surface area contributed by atoms with Crippen LogP contribution in [-0.4, -0.2) is 30.8 Å². The van der Waals surface area contributed by atoms with Crippen LogP contribution in [0.1, 0.15) is 0 Å². The van der Waals surface area contributed by atoms with Crippen LogP contribution in [-0.2, 0) is 0 Å². The maximum Gasteiger partial charge on any atom is 0.0716 e. The number of nitrogens with two attached hydrogens (primary N) is 1. The van der Waals surface area contributed by atoms with Crippen molar-refractivity contribution < 1.29 is 5.11 Å². The van der Waals surface area contributed by atoms with Gasteiger partial charge in [0, 0.05) is 19.0 Å². The Balaban J connectivity index is 0. The lowest BCUT2D eigenvalue weighted by atomic mass is 10.1. The minimum Gasteiger partial charge on any atom is -0.391 e. The minimum absolute atomic E-state index is 0. The highest BCUT2D eigenvalue weighted by Gasteiger charge is 2.22. The van der Waals surface area contributed by atoms with Crippen molar-refractivity contribution in [2.75, 3.05) is 19.6 Å². The fourth-order valence-electron chi connectivity index (χ4n) is 0.960. The monoisotopic (exact) mass is 188 g/mol. The Hall–Kier alpha value is 0.460. The molecule has 4 N–H and O–H groups in total. The predicted molar refractivity (Wildman–Crippen MR) is 45.9 cm³/mol. The molecule has 1 saturated heterocycles. The fraction of sp³-hybridized carbons (Fsp3) is 1.00. The van der Waals surface area contributed by atoms with Gasteiger partial charge >= 0.3 is 0 Å². The van der Waals surface area contributed by atoms with E-state index in [1.807, 2.05) is 0 Å². The molecule has 0 unspecified atom stereocenters. The number of hydrogen-bond acceptors (Lipinski definition) is 3. The number of hydrogen-bond donors (Lipinski definition) is 3. The number of aliphatic hydroxyl groups is 1. The van der Waals surface area contributed by atoms with Crippen LogP contribution in [0.4, 0.5) is 0 Å². The standard InChI is InChI=1S/C5H12N2O.2ClH/c6-1-4-2-7-3-5(4)8;;/h4-5,7-8H,1-3,6H2;2*1H/t4-,5+;;/m1../s1. The molecule has 0 amide bonds. The van der Waals surface area contributed by atoms with Gasteiger partial charge in [-0.1, -0.05) is 0 Å². The molecule has 1 aliphatic rings. The van der Waals surface area contributed by atoms with Crippen molar-refractivity contribution >= 4 is 24.8 Å². The second-order valence-electron chi connectivity index (χ2n) is 2.22. The van der Waals surface area contributed by atoms with Crippen LogP contribution < -0.4 is 11.1 Å². The first-order valence-corrected chi connectivity index (χ1v) is 2.93. The summed E-state index contributed by atoms with van der Waals surface area (Å²) in [6.45, 7) is 2.17. The van der Waals surface area contributed by atoms with Crippen molar-refractivity contribution in [1.82, 2.24) is 5.32 Å². The first-order valence-electron chi connectivity index (χ1n) is 2.93. The lowest BCUT2D eigenvalue weighted by Crippen LogP contribution is -2.25. The number of β-amino-alcohol motifs (C(OH)–C–C–N with tert-alkyl or cyclic N) is 1. The molecule has 2 atom stereocenters. The van der Waals surface area contributed by atoms with Crippen LogP contribution in [0.3, 0.4) is 0 Å². The first kappa shape index (κ1) is 13.1. The predicted octanol–water partition coefficient (Wildman–Crippen LogP) is -0.631. The van der Waals surface area contributed by atoms with Gasteiger partial charge in [-0.25, -0.2) is 0 Å². The van der Waals surface area contributed by atoms with Crippen LogP contribution in [0.2, 0.25) is 0 Å². The van der Waals surface area contributed by atoms with Crippen molar-refractivity contribution in [2.24, 2.45) is 11.7 Å². The van der Waals surface area contributed by atoms with Gasteiger partial charge in [-0.15, -0.1) is 24.8 Å². The Bertz CT molecular complexity index is 84.0. The third kappa shape index (κ3) is 3.03. The van der Waals surface area contributed by atoms with E-state index >= 15 is 0 Å². The quantitative estimate of drug-likeness (QED) is 0.514. The highest BCUT2D eigenvalue weighted by molar-refractivity contribution is 5.85. The normalized spacial score (nSPS) is 30.6. The van der Waals surface area contributed by atoms with E-state index < -0.39 is 0 Å². The van der Waals surface area contributed by atoms with Crippen molar-refractivity contribution in [1.29, 1.82) is 0 Å². The molecule has 1 heterocycles. The Morgan fingerprint density at radius 2 is 2.00 bits per heavy atom. The molecule has 0 saturated carbocycles. The van der Waals surface area contributed by atoms with Gasteiger partial charge in [-0.05, 0) is 6.54 Å². The van der Waals surface area contributed by atoms with Crippen LogP contribution in [0.15, 0.2) is 0 Å². The summed E-state index contributed by atoms with van der Waals surface area (Å²) in [6, 6.07) is 0. The number of nitrogens with one attached hydrogen (secondary N) is 1. The summed E-state index contributed by atoms with van der Waals surface area (Å²) >= 11 is 0. The van der Waals surface area contributed by atoms with Gasteiger partial charge < -0.3 is 16.2 Å². The SMILES string of the molecule is Cl.Cl.NC[C@@H]1CNC[C@@H]1O. The molecule has 1 fully saturated rings. The summed E-state index contributed by atoms with van der Waals surface area (Å²) in [5.41, 5.74) is 5.32. The Kier molecular flexibility index (Phi) is 8.09. The molecule has 0 aromatic heterocycles. The van der Waals surface area contributed by atoms with Crippen molar-refractivity contribution in [3.8, 4) is 0 Å². The Labute approximate surface area is 73.2 Å². The highest BCUT2D eigenvalue weighted by Crippen LogP contribution is 2.04. The molecule has 0 radical (unpaired) electrons. The van der Waals surface area contributed by atoms with Crippen LogP contribution in [0.25, 0.3) is 0 Å². The van der Waals surface area contributed by atoms with Crippen LogP contribution in [0, 0.1) is 5.92 Å². The van der Waals surface area contributed by atoms with Gasteiger partial charge in [0.25, 0.3) is 0 Å². The average molecular weight is 189 g/mol. The maximum atomic E-state index is 9.05. The number of rotatable bonds is 1. The summed E-state index contributed by atoms with van der Waals surface area (Å²) in [7, 11) is 0. The molecule has 3 nitrogen and oxygen atoms in total. The van der Waals surface area contributed by atoms with E-state index in [0.29, 0.717) is 13.1 Å². The molecular formula is C5H14Cl2N2O. The molecule has 10 heavy (non-hydrogen) atoms. The Morgan fingerprint density at radius 1 is 1.40 bits per heavy atom. The molecule has 0 aromatic carbocycles. The number of aliphatic hydroxyl groups excluding tert-OH is 1. The number of halogens is 2. The third-order valence-electron chi connectivity index (χ3n) is 1.61. The van der Waals surface area contributed by atoms with Gasteiger partial charge in [-0.2, -0.15) is 0 Å². The Morgan fingerprint density at radius 3 is 2.20 bits per heavy atom. The van der Waals surface area contributed by atoms with Crippen molar-refractivity contribution in [3.05, 3.63) is 0 Å². The molecule has 1 rings (SSSR count). The van der Waals surface area contributed by atoms with Crippen molar-refractivity contribution in [2.45, 2.75) is 6.10 Å². The fourth-order valence-corrected chi connectivity index (χ4v) is 0.960. The van der Waals surface area contributed by atoms with Gasteiger partial charge in [0.2, 0.25) is 0 Å². The zero-order valence-electron chi connectivity index (χ0n) is 5.62. The molecule has 0 bridgehead atoms. The topological polar surface area (TPSA) is 58.3 Å². The lowest BCUT2D eigenvalue weighted by Gasteiger charge is -2.07. The maximum absolute atomic E-state index is 9.05. The summed E-state index contributed by atoms with van der Waals surface area (Å²) in [5, 5.41) is 12.1. The molecule has 0 spiro atoms. The van der Waals surface area contributed by atoms with E-state index in [4.69, 9.17) is 10.8 Å². The summed E-state index contributed by atoms with van der Waals surface area (Å²) in [4.78, 5) is 0. The van der Waals surface area contributed by atoms with Gasteiger partial charge in [0.1, 0.15) is 0 Å². The summed E-state index contributed by atoms with van der Waals surface area (Å²) in [6.07, 6.45) is -0.208. The lowest BCUT2D eigenvalue weighted by molar-refractivity contribution is 0.151. The molecule has 5 heteroatoms. The van der Waals surface area contributed by atoms with E-state index in [1.54, 1.807) is 0 Å². The van der Waals surface area contributed by atoms with Gasteiger partial charge in [0.15, 0.2) is 0 Å². The van der Waals surface area contributed by atoms with E-state index in [2.05, 4.69) is 5.32 Å². The molecule has 64 valence electrons. The zero-order valence-corrected chi connectivity index (χ0v) is 7.25. The molecule has 0 aliphatic carbocycles. The first-order chi connectivity index (χ1) is 3.84. The highest BCUT2D eigenvalue weighted by atomic mass is 35.5. The third-order valence-corrected chi connectivity index (χ3v) is 1.61. The molecular weight excluding hydrogens is 175 g/mol. The summed E-state index contributed by atoms with van der Waals surface area (Å²) < 4.78 is 0. The minimum atomic E-state index is -0.208. The van der Waals surface area contributed by atoms with Crippen LogP contribution in [0.5, 0.6) is 0 Å².